The van der Waals surface area contributed by atoms with Crippen molar-refractivity contribution < 1.29 is 37.5 Å². The normalized spacial score (nSPS) is 14.8. The Morgan fingerprint density at radius 1 is 1.07 bits per heavy atom. The minimum absolute atomic E-state index is 0. The molecule has 0 bridgehead atoms. The van der Waals surface area contributed by atoms with Gasteiger partial charge in [0.1, 0.15) is 0 Å². The summed E-state index contributed by atoms with van der Waals surface area (Å²) in [5.74, 6) is 0.721. The standard InChI is InChI=1S/C25H28NO.Y/c1-4-26-24-17(2)21(18(3)27)15-16-22(24)23(19-11-7-5-8-12-19)25(26)20-13-9-6-10-14-20;/h6,9-10,13-16,19H,1,4-5,7-8,11-12H2,2-3H3;/q-1;. The average Bonchev–Trinajstić information content (AvgIpc) is 3.04. The second-order valence-corrected chi connectivity index (χ2v) is 7.81. The number of hydrogen-bond acceptors (Lipinski definition) is 1. The van der Waals surface area contributed by atoms with E-state index in [0.717, 1.165) is 11.1 Å². The van der Waals surface area contributed by atoms with E-state index in [2.05, 4.69) is 54.8 Å². The summed E-state index contributed by atoms with van der Waals surface area (Å²) in [6, 6.07) is 14.9. The molecule has 3 aromatic rings. The molecule has 1 saturated carbocycles. The van der Waals surface area contributed by atoms with Crippen molar-refractivity contribution in [3.63, 3.8) is 0 Å². The fourth-order valence-electron chi connectivity index (χ4n) is 4.97. The van der Waals surface area contributed by atoms with Crippen molar-refractivity contribution in [1.29, 1.82) is 0 Å². The van der Waals surface area contributed by atoms with Gasteiger partial charge in [0.25, 0.3) is 0 Å². The zero-order valence-corrected chi connectivity index (χ0v) is 19.8. The Balaban J connectivity index is 0.00000225. The van der Waals surface area contributed by atoms with E-state index in [9.17, 15) is 4.79 Å². The number of aromatic nitrogens is 1. The first-order chi connectivity index (χ1) is 13.1. The molecule has 2 aromatic carbocycles. The summed E-state index contributed by atoms with van der Waals surface area (Å²) < 4.78 is 2.34. The van der Waals surface area contributed by atoms with Crippen molar-refractivity contribution >= 4 is 16.7 Å². The molecule has 0 aliphatic heterocycles. The van der Waals surface area contributed by atoms with Gasteiger partial charge >= 0.3 is 0 Å². The van der Waals surface area contributed by atoms with Gasteiger partial charge in [-0.1, -0.05) is 61.7 Å². The van der Waals surface area contributed by atoms with Gasteiger partial charge in [-0.15, -0.1) is 6.54 Å². The van der Waals surface area contributed by atoms with Crippen LogP contribution < -0.4 is 0 Å². The maximum atomic E-state index is 12.1. The SMILES string of the molecule is [CH2-]Cn1c(-c2ccccc2)c(C2CCCCC2)c2ccc(C(C)=O)c(C)c21.[Y]. The van der Waals surface area contributed by atoms with E-state index >= 15 is 0 Å². The van der Waals surface area contributed by atoms with Gasteiger partial charge in [0, 0.05) is 43.7 Å². The third kappa shape index (κ3) is 3.66. The van der Waals surface area contributed by atoms with E-state index < -0.39 is 0 Å². The van der Waals surface area contributed by atoms with Gasteiger partial charge in [-0.25, -0.2) is 0 Å². The Labute approximate surface area is 193 Å². The molecule has 0 N–H and O–H groups in total. The molecule has 4 rings (SSSR count). The van der Waals surface area contributed by atoms with E-state index in [1.807, 2.05) is 6.07 Å². The van der Waals surface area contributed by atoms with Crippen molar-refractivity contribution in [2.45, 2.75) is 58.4 Å². The Morgan fingerprint density at radius 3 is 2.36 bits per heavy atom. The minimum Gasteiger partial charge on any atom is -0.371 e. The van der Waals surface area contributed by atoms with E-state index in [-0.39, 0.29) is 38.5 Å². The first-order valence-electron chi connectivity index (χ1n) is 10.1. The molecule has 0 atom stereocenters. The fraction of sp³-hybridized carbons (Fsp3) is 0.360. The van der Waals surface area contributed by atoms with Crippen LogP contribution in [-0.4, -0.2) is 10.4 Å². The van der Waals surface area contributed by atoms with Gasteiger partial charge in [-0.3, -0.25) is 4.79 Å². The monoisotopic (exact) mass is 447 g/mol. The zero-order chi connectivity index (χ0) is 19.0. The van der Waals surface area contributed by atoms with Crippen LogP contribution in [-0.2, 0) is 39.3 Å². The predicted molar refractivity (Wildman–Crippen MR) is 113 cm³/mol. The molecular formula is C25H28NOY-. The van der Waals surface area contributed by atoms with Gasteiger partial charge < -0.3 is 11.5 Å². The van der Waals surface area contributed by atoms with Gasteiger partial charge in [-0.2, -0.15) is 0 Å². The summed E-state index contributed by atoms with van der Waals surface area (Å²) in [7, 11) is 0. The van der Waals surface area contributed by atoms with Crippen molar-refractivity contribution in [1.82, 2.24) is 4.57 Å². The average molecular weight is 447 g/mol. The molecule has 143 valence electrons. The molecule has 0 unspecified atom stereocenters. The summed E-state index contributed by atoms with van der Waals surface area (Å²) >= 11 is 0. The quantitative estimate of drug-likeness (QED) is 0.322. The van der Waals surface area contributed by atoms with Gasteiger partial charge in [0.15, 0.2) is 5.78 Å². The van der Waals surface area contributed by atoms with Crippen LogP contribution in [0.25, 0.3) is 22.2 Å². The first kappa shape index (κ1) is 21.5. The molecular weight excluding hydrogens is 419 g/mol. The summed E-state index contributed by atoms with van der Waals surface area (Å²) in [5.41, 5.74) is 7.13. The molecule has 1 aliphatic carbocycles. The van der Waals surface area contributed by atoms with Crippen LogP contribution in [0.1, 0.15) is 66.4 Å². The smallest absolute Gasteiger partial charge is 0.160 e. The van der Waals surface area contributed by atoms with Crippen LogP contribution >= 0.6 is 0 Å². The van der Waals surface area contributed by atoms with Gasteiger partial charge in [-0.05, 0) is 49.3 Å². The van der Waals surface area contributed by atoms with Crippen molar-refractivity contribution in [3.05, 3.63) is 66.1 Å². The Kier molecular flexibility index (Phi) is 6.94. The topological polar surface area (TPSA) is 22.0 Å². The molecule has 0 amide bonds. The van der Waals surface area contributed by atoms with E-state index in [4.69, 9.17) is 0 Å². The third-order valence-electron chi connectivity index (χ3n) is 6.18. The van der Waals surface area contributed by atoms with Crippen molar-refractivity contribution in [2.24, 2.45) is 0 Å². The largest absolute Gasteiger partial charge is 0.371 e. The number of carbonyl (C=O) groups excluding carboxylic acids is 1. The van der Waals surface area contributed by atoms with E-state index in [1.165, 1.54) is 59.8 Å². The van der Waals surface area contributed by atoms with Crippen LogP contribution in [0.15, 0.2) is 42.5 Å². The molecule has 1 aliphatic rings. The molecule has 1 fully saturated rings. The van der Waals surface area contributed by atoms with Gasteiger partial charge in [0.05, 0.1) is 11.2 Å². The number of rotatable bonds is 4. The number of carbonyl (C=O) groups is 1. The van der Waals surface area contributed by atoms with Crippen LogP contribution in [0, 0.1) is 13.8 Å². The second kappa shape index (κ2) is 9.05. The maximum absolute atomic E-state index is 12.1. The van der Waals surface area contributed by atoms with Crippen LogP contribution in [0.2, 0.25) is 0 Å². The molecule has 2 nitrogen and oxygen atoms in total. The number of benzene rings is 2. The summed E-state index contributed by atoms with van der Waals surface area (Å²) in [4.78, 5) is 12.1. The summed E-state index contributed by atoms with van der Waals surface area (Å²) in [6.07, 6.45) is 6.47. The Morgan fingerprint density at radius 2 is 1.75 bits per heavy atom. The van der Waals surface area contributed by atoms with Crippen LogP contribution in [0.4, 0.5) is 0 Å². The number of ketones is 1. The van der Waals surface area contributed by atoms with Crippen LogP contribution in [0.5, 0.6) is 0 Å². The van der Waals surface area contributed by atoms with E-state index in [1.54, 1.807) is 6.92 Å². The number of aryl methyl sites for hydroxylation is 1. The molecule has 1 heterocycles. The molecule has 0 saturated heterocycles. The number of nitrogens with zero attached hydrogens (tertiary/aromatic N) is 1. The minimum atomic E-state index is 0. The van der Waals surface area contributed by atoms with Crippen molar-refractivity contribution in [2.75, 3.05) is 0 Å². The molecule has 1 aromatic heterocycles. The maximum Gasteiger partial charge on any atom is 0.160 e. The molecule has 0 spiro atoms. The van der Waals surface area contributed by atoms with Crippen LogP contribution in [0.3, 0.4) is 0 Å². The predicted octanol–water partition coefficient (Wildman–Crippen LogP) is 6.70. The number of Topliss-reactive ketones (excluding diaryl/α,β-unsaturated/α-hetero) is 1. The zero-order valence-electron chi connectivity index (χ0n) is 17.0. The van der Waals surface area contributed by atoms with E-state index in [0.29, 0.717) is 12.5 Å². The second-order valence-electron chi connectivity index (χ2n) is 7.81. The third-order valence-corrected chi connectivity index (χ3v) is 6.18. The Hall–Kier alpha value is -1.25. The summed E-state index contributed by atoms with van der Waals surface area (Å²) in [5, 5.41) is 1.31. The van der Waals surface area contributed by atoms with Gasteiger partial charge in [0.2, 0.25) is 0 Å². The summed E-state index contributed by atoms with van der Waals surface area (Å²) in [6.45, 7) is 8.65. The number of fused-ring (bicyclic) bond motifs is 1. The fourth-order valence-corrected chi connectivity index (χ4v) is 4.97. The Bertz CT molecular complexity index is 981. The van der Waals surface area contributed by atoms with Crippen molar-refractivity contribution in [3.8, 4) is 11.3 Å². The molecule has 1 radical (unpaired) electrons. The first-order valence-corrected chi connectivity index (χ1v) is 10.1. The molecule has 28 heavy (non-hydrogen) atoms. The number of hydrogen-bond donors (Lipinski definition) is 0. The molecule has 3 heteroatoms.